The summed E-state index contributed by atoms with van der Waals surface area (Å²) in [7, 11) is 0. The van der Waals surface area contributed by atoms with Crippen LogP contribution in [-0.2, 0) is 0 Å². The van der Waals surface area contributed by atoms with Crippen LogP contribution in [0.4, 0.5) is 0 Å². The number of nitrogens with one attached hydrogen (secondary N) is 2. The standard InChI is InChI=1S/C14H17N3O/c1-3-11(12-8-16-17-9-12)7-13(4-1)18-14-5-2-6-15-10-14/h1,3-4,7-9,14-15H,2,5-6,10H2,(H,16,17). The first-order valence-electron chi connectivity index (χ1n) is 6.38. The van der Waals surface area contributed by atoms with Crippen LogP contribution in [0.3, 0.4) is 0 Å². The summed E-state index contributed by atoms with van der Waals surface area (Å²) in [4.78, 5) is 0. The van der Waals surface area contributed by atoms with Crippen molar-refractivity contribution in [3.05, 3.63) is 36.7 Å². The predicted octanol–water partition coefficient (Wildman–Crippen LogP) is 2.21. The lowest BCUT2D eigenvalue weighted by Crippen LogP contribution is -2.37. The molecular weight excluding hydrogens is 226 g/mol. The third-order valence-electron chi connectivity index (χ3n) is 3.22. The van der Waals surface area contributed by atoms with Gasteiger partial charge in [0.05, 0.1) is 6.20 Å². The molecule has 0 aliphatic carbocycles. The maximum absolute atomic E-state index is 6.00. The maximum Gasteiger partial charge on any atom is 0.120 e. The fraction of sp³-hybridized carbons (Fsp3) is 0.357. The summed E-state index contributed by atoms with van der Waals surface area (Å²) >= 11 is 0. The highest BCUT2D eigenvalue weighted by molar-refractivity contribution is 5.63. The van der Waals surface area contributed by atoms with Crippen molar-refractivity contribution in [2.45, 2.75) is 18.9 Å². The molecule has 18 heavy (non-hydrogen) atoms. The lowest BCUT2D eigenvalue weighted by atomic mass is 10.1. The van der Waals surface area contributed by atoms with E-state index < -0.39 is 0 Å². The Morgan fingerprint density at radius 1 is 1.28 bits per heavy atom. The minimum absolute atomic E-state index is 0.290. The van der Waals surface area contributed by atoms with Gasteiger partial charge in [0.25, 0.3) is 0 Å². The van der Waals surface area contributed by atoms with Crippen molar-refractivity contribution in [1.29, 1.82) is 0 Å². The number of nitrogens with zero attached hydrogens (tertiary/aromatic N) is 1. The molecule has 0 saturated carbocycles. The summed E-state index contributed by atoms with van der Waals surface area (Å²) in [5.41, 5.74) is 2.22. The van der Waals surface area contributed by atoms with Crippen LogP contribution in [0, 0.1) is 0 Å². The van der Waals surface area contributed by atoms with Gasteiger partial charge in [0.1, 0.15) is 11.9 Å². The summed E-state index contributed by atoms with van der Waals surface area (Å²) in [6, 6.07) is 8.17. The Balaban J connectivity index is 1.74. The van der Waals surface area contributed by atoms with Gasteiger partial charge >= 0.3 is 0 Å². The van der Waals surface area contributed by atoms with Crippen LogP contribution in [-0.4, -0.2) is 29.4 Å². The van der Waals surface area contributed by atoms with Crippen molar-refractivity contribution in [1.82, 2.24) is 15.5 Å². The van der Waals surface area contributed by atoms with E-state index in [0.29, 0.717) is 6.10 Å². The monoisotopic (exact) mass is 243 g/mol. The normalized spacial score (nSPS) is 19.7. The zero-order valence-electron chi connectivity index (χ0n) is 10.2. The average Bonchev–Trinajstić information content (AvgIpc) is 2.94. The molecule has 1 aliphatic rings. The second kappa shape index (κ2) is 5.23. The highest BCUT2D eigenvalue weighted by atomic mass is 16.5. The van der Waals surface area contributed by atoms with E-state index in [0.717, 1.165) is 36.4 Å². The van der Waals surface area contributed by atoms with Crippen LogP contribution in [0.5, 0.6) is 5.75 Å². The van der Waals surface area contributed by atoms with E-state index in [-0.39, 0.29) is 0 Å². The molecule has 1 aromatic heterocycles. The molecule has 0 radical (unpaired) electrons. The van der Waals surface area contributed by atoms with Crippen LogP contribution in [0.1, 0.15) is 12.8 Å². The van der Waals surface area contributed by atoms with Gasteiger partial charge in [-0.1, -0.05) is 12.1 Å². The van der Waals surface area contributed by atoms with Crippen LogP contribution >= 0.6 is 0 Å². The number of aromatic nitrogens is 2. The summed E-state index contributed by atoms with van der Waals surface area (Å²) < 4.78 is 6.00. The number of hydrogen-bond acceptors (Lipinski definition) is 3. The molecule has 4 heteroatoms. The van der Waals surface area contributed by atoms with Crippen molar-refractivity contribution in [2.75, 3.05) is 13.1 Å². The molecule has 0 spiro atoms. The summed E-state index contributed by atoms with van der Waals surface area (Å²) in [6.07, 6.45) is 6.32. The number of piperidine rings is 1. The lowest BCUT2D eigenvalue weighted by Gasteiger charge is -2.24. The van der Waals surface area contributed by atoms with Gasteiger partial charge in [0.2, 0.25) is 0 Å². The Morgan fingerprint density at radius 3 is 3.06 bits per heavy atom. The van der Waals surface area contributed by atoms with Crippen molar-refractivity contribution < 1.29 is 4.74 Å². The Morgan fingerprint density at radius 2 is 2.28 bits per heavy atom. The largest absolute Gasteiger partial charge is 0.489 e. The van der Waals surface area contributed by atoms with E-state index >= 15 is 0 Å². The summed E-state index contributed by atoms with van der Waals surface area (Å²) in [5.74, 6) is 0.933. The molecule has 3 rings (SSSR count). The zero-order chi connectivity index (χ0) is 12.2. The Bertz CT molecular complexity index is 490. The molecule has 1 atom stereocenters. The Labute approximate surface area is 106 Å². The van der Waals surface area contributed by atoms with Gasteiger partial charge < -0.3 is 10.1 Å². The van der Waals surface area contributed by atoms with Crippen molar-refractivity contribution in [3.63, 3.8) is 0 Å². The van der Waals surface area contributed by atoms with E-state index in [1.54, 1.807) is 0 Å². The SMILES string of the molecule is c1cc(OC2CCCNC2)cc(-c2cn[nH]c2)c1. The first-order valence-corrected chi connectivity index (χ1v) is 6.38. The van der Waals surface area contributed by atoms with Crippen molar-refractivity contribution in [3.8, 4) is 16.9 Å². The number of benzene rings is 1. The van der Waals surface area contributed by atoms with Gasteiger partial charge in [-0.25, -0.2) is 0 Å². The van der Waals surface area contributed by atoms with Gasteiger partial charge in [0.15, 0.2) is 0 Å². The zero-order valence-corrected chi connectivity index (χ0v) is 10.2. The molecule has 2 aromatic rings. The van der Waals surface area contributed by atoms with Gasteiger partial charge in [-0.05, 0) is 37.1 Å². The van der Waals surface area contributed by atoms with Crippen molar-refractivity contribution in [2.24, 2.45) is 0 Å². The first-order chi connectivity index (χ1) is 8.92. The molecule has 1 aliphatic heterocycles. The maximum atomic E-state index is 6.00. The number of H-pyrrole nitrogens is 1. The van der Waals surface area contributed by atoms with Crippen molar-refractivity contribution >= 4 is 0 Å². The minimum Gasteiger partial charge on any atom is -0.489 e. The number of hydrogen-bond donors (Lipinski definition) is 2. The average molecular weight is 243 g/mol. The third kappa shape index (κ3) is 2.54. The van der Waals surface area contributed by atoms with Crippen LogP contribution in [0.15, 0.2) is 36.7 Å². The van der Waals surface area contributed by atoms with Gasteiger partial charge in [-0.15, -0.1) is 0 Å². The van der Waals surface area contributed by atoms with E-state index in [1.807, 2.05) is 24.5 Å². The predicted molar refractivity (Wildman–Crippen MR) is 70.5 cm³/mol. The lowest BCUT2D eigenvalue weighted by molar-refractivity contribution is 0.167. The fourth-order valence-electron chi connectivity index (χ4n) is 2.27. The smallest absolute Gasteiger partial charge is 0.120 e. The van der Waals surface area contributed by atoms with Crippen LogP contribution in [0.2, 0.25) is 0 Å². The topological polar surface area (TPSA) is 49.9 Å². The molecule has 0 amide bonds. The van der Waals surface area contributed by atoms with Gasteiger partial charge in [-0.3, -0.25) is 5.10 Å². The van der Waals surface area contributed by atoms with E-state index in [4.69, 9.17) is 4.74 Å². The molecule has 1 unspecified atom stereocenters. The summed E-state index contributed by atoms with van der Waals surface area (Å²) in [6.45, 7) is 2.05. The van der Waals surface area contributed by atoms with Gasteiger partial charge in [0, 0.05) is 18.3 Å². The quantitative estimate of drug-likeness (QED) is 0.869. The molecule has 1 saturated heterocycles. The van der Waals surface area contributed by atoms with Crippen LogP contribution < -0.4 is 10.1 Å². The molecule has 4 nitrogen and oxygen atoms in total. The molecule has 94 valence electrons. The molecule has 1 aromatic carbocycles. The Hall–Kier alpha value is -1.81. The Kier molecular flexibility index (Phi) is 3.28. The molecular formula is C14H17N3O. The van der Waals surface area contributed by atoms with Gasteiger partial charge in [-0.2, -0.15) is 5.10 Å². The molecule has 0 bridgehead atoms. The fourth-order valence-corrected chi connectivity index (χ4v) is 2.27. The number of aromatic amines is 1. The molecule has 1 fully saturated rings. The number of rotatable bonds is 3. The summed E-state index contributed by atoms with van der Waals surface area (Å²) in [5, 5.41) is 10.2. The third-order valence-corrected chi connectivity index (χ3v) is 3.22. The van der Waals surface area contributed by atoms with E-state index in [1.165, 1.54) is 6.42 Å². The highest BCUT2D eigenvalue weighted by Gasteiger charge is 2.14. The van der Waals surface area contributed by atoms with E-state index in [2.05, 4.69) is 27.6 Å². The second-order valence-corrected chi connectivity index (χ2v) is 4.60. The number of ether oxygens (including phenoxy) is 1. The van der Waals surface area contributed by atoms with E-state index in [9.17, 15) is 0 Å². The highest BCUT2D eigenvalue weighted by Crippen LogP contribution is 2.24. The molecule has 2 N–H and O–H groups in total. The molecule has 2 heterocycles. The minimum atomic E-state index is 0.290. The second-order valence-electron chi connectivity index (χ2n) is 4.60. The first kappa shape index (κ1) is 11.3. The van der Waals surface area contributed by atoms with Crippen LogP contribution in [0.25, 0.3) is 11.1 Å².